The molecule has 0 unspecified atom stereocenters. The van der Waals surface area contributed by atoms with Gasteiger partial charge in [-0.1, -0.05) is 0 Å². The number of nitrogens with zero attached hydrogens (tertiary/aromatic N) is 3. The van der Waals surface area contributed by atoms with Crippen molar-refractivity contribution in [1.29, 1.82) is 5.26 Å². The van der Waals surface area contributed by atoms with Crippen LogP contribution in [0.4, 0.5) is 5.82 Å². The van der Waals surface area contributed by atoms with Crippen LogP contribution in [0.5, 0.6) is 0 Å². The molecule has 0 spiro atoms. The third kappa shape index (κ3) is 3.40. The normalized spacial score (nSPS) is 16.5. The highest BCUT2D eigenvalue weighted by Crippen LogP contribution is 2.15. The SMILES string of the molecule is Cc1nc(C#N)cc(NCC2CCOCC2)n1. The lowest BCUT2D eigenvalue weighted by Crippen LogP contribution is -2.23. The van der Waals surface area contributed by atoms with Gasteiger partial charge >= 0.3 is 0 Å². The van der Waals surface area contributed by atoms with E-state index in [0.29, 0.717) is 17.4 Å². The second kappa shape index (κ2) is 5.60. The molecule has 17 heavy (non-hydrogen) atoms. The van der Waals surface area contributed by atoms with Crippen LogP contribution in [-0.2, 0) is 4.74 Å². The standard InChI is InChI=1S/C12H16N4O/c1-9-15-11(7-13)6-12(16-9)14-8-10-2-4-17-5-3-10/h6,10H,2-5,8H2,1H3,(H,14,15,16). The fourth-order valence-electron chi connectivity index (χ4n) is 1.91. The molecule has 0 aromatic carbocycles. The smallest absolute Gasteiger partial charge is 0.146 e. The van der Waals surface area contributed by atoms with E-state index >= 15 is 0 Å². The summed E-state index contributed by atoms with van der Waals surface area (Å²) in [6, 6.07) is 3.72. The Kier molecular flexibility index (Phi) is 3.89. The van der Waals surface area contributed by atoms with Crippen molar-refractivity contribution >= 4 is 5.82 Å². The minimum atomic E-state index is 0.409. The van der Waals surface area contributed by atoms with Crippen LogP contribution in [0.2, 0.25) is 0 Å². The molecule has 2 rings (SSSR count). The molecule has 0 amide bonds. The van der Waals surface area contributed by atoms with E-state index in [1.54, 1.807) is 13.0 Å². The Balaban J connectivity index is 1.94. The van der Waals surface area contributed by atoms with E-state index in [1.165, 1.54) is 0 Å². The summed E-state index contributed by atoms with van der Waals surface area (Å²) >= 11 is 0. The summed E-state index contributed by atoms with van der Waals surface area (Å²) in [5.41, 5.74) is 0.409. The zero-order chi connectivity index (χ0) is 12.1. The van der Waals surface area contributed by atoms with Crippen LogP contribution in [0.3, 0.4) is 0 Å². The van der Waals surface area contributed by atoms with Crippen LogP contribution >= 0.6 is 0 Å². The summed E-state index contributed by atoms with van der Waals surface area (Å²) in [5.74, 6) is 1.99. The summed E-state index contributed by atoms with van der Waals surface area (Å²) in [5, 5.41) is 12.1. The molecule has 1 saturated heterocycles. The lowest BCUT2D eigenvalue weighted by Gasteiger charge is -2.22. The molecule has 2 heterocycles. The number of rotatable bonds is 3. The first-order valence-electron chi connectivity index (χ1n) is 5.85. The molecule has 1 N–H and O–H groups in total. The monoisotopic (exact) mass is 232 g/mol. The molecule has 1 aliphatic heterocycles. The summed E-state index contributed by atoms with van der Waals surface area (Å²) in [6.07, 6.45) is 2.17. The van der Waals surface area contributed by atoms with Gasteiger partial charge in [-0.2, -0.15) is 5.26 Å². The lowest BCUT2D eigenvalue weighted by molar-refractivity contribution is 0.0699. The van der Waals surface area contributed by atoms with Gasteiger partial charge in [0.2, 0.25) is 0 Å². The molecule has 1 fully saturated rings. The number of ether oxygens (including phenoxy) is 1. The number of nitrogens with one attached hydrogen (secondary N) is 1. The molecule has 90 valence electrons. The third-order valence-corrected chi connectivity index (χ3v) is 2.87. The van der Waals surface area contributed by atoms with Gasteiger partial charge in [0.05, 0.1) is 0 Å². The van der Waals surface area contributed by atoms with Crippen LogP contribution in [0, 0.1) is 24.2 Å². The molecule has 1 aromatic heterocycles. The Labute approximate surface area is 101 Å². The van der Waals surface area contributed by atoms with Crippen LogP contribution < -0.4 is 5.32 Å². The summed E-state index contributed by atoms with van der Waals surface area (Å²) in [7, 11) is 0. The van der Waals surface area contributed by atoms with E-state index in [4.69, 9.17) is 10.00 Å². The highest BCUT2D eigenvalue weighted by Gasteiger charge is 2.13. The number of anilines is 1. The highest BCUT2D eigenvalue weighted by molar-refractivity contribution is 5.39. The van der Waals surface area contributed by atoms with E-state index in [1.807, 2.05) is 6.07 Å². The summed E-state index contributed by atoms with van der Waals surface area (Å²) < 4.78 is 5.31. The average molecular weight is 232 g/mol. The van der Waals surface area contributed by atoms with Gasteiger partial charge in [0.25, 0.3) is 0 Å². The van der Waals surface area contributed by atoms with Gasteiger partial charge < -0.3 is 10.1 Å². The number of aryl methyl sites for hydroxylation is 1. The van der Waals surface area contributed by atoms with E-state index in [2.05, 4.69) is 15.3 Å². The second-order valence-electron chi connectivity index (χ2n) is 4.23. The minimum absolute atomic E-state index is 0.409. The quantitative estimate of drug-likeness (QED) is 0.855. The predicted molar refractivity (Wildman–Crippen MR) is 63.5 cm³/mol. The number of hydrogen-bond acceptors (Lipinski definition) is 5. The molecule has 0 bridgehead atoms. The van der Waals surface area contributed by atoms with Gasteiger partial charge in [-0.05, 0) is 25.7 Å². The van der Waals surface area contributed by atoms with Gasteiger partial charge in [0.1, 0.15) is 23.4 Å². The molecule has 0 radical (unpaired) electrons. The molecule has 0 aliphatic carbocycles. The van der Waals surface area contributed by atoms with Crippen molar-refractivity contribution in [2.24, 2.45) is 5.92 Å². The Morgan fingerprint density at radius 3 is 2.94 bits per heavy atom. The first kappa shape index (κ1) is 11.8. The van der Waals surface area contributed by atoms with E-state index in [0.717, 1.165) is 38.4 Å². The van der Waals surface area contributed by atoms with E-state index < -0.39 is 0 Å². The average Bonchev–Trinajstić information content (AvgIpc) is 2.37. The second-order valence-corrected chi connectivity index (χ2v) is 4.23. The maximum absolute atomic E-state index is 8.82. The summed E-state index contributed by atoms with van der Waals surface area (Å²) in [6.45, 7) is 4.36. The maximum Gasteiger partial charge on any atom is 0.146 e. The molecule has 1 aromatic rings. The fraction of sp³-hybridized carbons (Fsp3) is 0.583. The molecule has 5 nitrogen and oxygen atoms in total. The molecular formula is C12H16N4O. The van der Waals surface area contributed by atoms with Crippen molar-refractivity contribution in [1.82, 2.24) is 9.97 Å². The van der Waals surface area contributed by atoms with Crippen molar-refractivity contribution < 1.29 is 4.74 Å². The molecule has 0 atom stereocenters. The Morgan fingerprint density at radius 1 is 1.47 bits per heavy atom. The number of aromatic nitrogens is 2. The van der Waals surface area contributed by atoms with Crippen molar-refractivity contribution in [3.63, 3.8) is 0 Å². The van der Waals surface area contributed by atoms with Crippen LogP contribution in [0.15, 0.2) is 6.07 Å². The van der Waals surface area contributed by atoms with Gasteiger partial charge in [-0.15, -0.1) is 0 Å². The van der Waals surface area contributed by atoms with E-state index in [-0.39, 0.29) is 0 Å². The van der Waals surface area contributed by atoms with Crippen LogP contribution in [0.1, 0.15) is 24.4 Å². The van der Waals surface area contributed by atoms with Crippen molar-refractivity contribution in [3.05, 3.63) is 17.6 Å². The van der Waals surface area contributed by atoms with Crippen LogP contribution in [-0.4, -0.2) is 29.7 Å². The highest BCUT2D eigenvalue weighted by atomic mass is 16.5. The Bertz CT molecular complexity index is 421. The molecule has 5 heteroatoms. The van der Waals surface area contributed by atoms with Gasteiger partial charge in [-0.25, -0.2) is 9.97 Å². The van der Waals surface area contributed by atoms with Crippen molar-refractivity contribution in [2.75, 3.05) is 25.1 Å². The van der Waals surface area contributed by atoms with Gasteiger partial charge in [0, 0.05) is 25.8 Å². The number of hydrogen-bond donors (Lipinski definition) is 1. The van der Waals surface area contributed by atoms with Crippen molar-refractivity contribution in [3.8, 4) is 6.07 Å². The largest absolute Gasteiger partial charge is 0.381 e. The van der Waals surface area contributed by atoms with Crippen LogP contribution in [0.25, 0.3) is 0 Å². The van der Waals surface area contributed by atoms with Gasteiger partial charge in [0.15, 0.2) is 0 Å². The van der Waals surface area contributed by atoms with Crippen molar-refractivity contribution in [2.45, 2.75) is 19.8 Å². The first-order valence-corrected chi connectivity index (χ1v) is 5.85. The summed E-state index contributed by atoms with van der Waals surface area (Å²) in [4.78, 5) is 8.28. The predicted octanol–water partition coefficient (Wildman–Crippen LogP) is 1.50. The Morgan fingerprint density at radius 2 is 2.24 bits per heavy atom. The third-order valence-electron chi connectivity index (χ3n) is 2.87. The lowest BCUT2D eigenvalue weighted by atomic mass is 10.0. The molecule has 0 saturated carbocycles. The first-order chi connectivity index (χ1) is 8.28. The Hall–Kier alpha value is -1.67. The topological polar surface area (TPSA) is 70.8 Å². The maximum atomic E-state index is 8.82. The van der Waals surface area contributed by atoms with Gasteiger partial charge in [-0.3, -0.25) is 0 Å². The molecular weight excluding hydrogens is 216 g/mol. The van der Waals surface area contributed by atoms with E-state index in [9.17, 15) is 0 Å². The minimum Gasteiger partial charge on any atom is -0.381 e. The fourth-order valence-corrected chi connectivity index (χ4v) is 1.91. The zero-order valence-corrected chi connectivity index (χ0v) is 9.94. The number of nitriles is 1. The molecule has 1 aliphatic rings. The zero-order valence-electron chi connectivity index (χ0n) is 9.94.